The highest BCUT2D eigenvalue weighted by Crippen LogP contribution is 2.40. The summed E-state index contributed by atoms with van der Waals surface area (Å²) in [6, 6.07) is 11.7. The Morgan fingerprint density at radius 2 is 1.94 bits per heavy atom. The van der Waals surface area contributed by atoms with Crippen LogP contribution in [0.25, 0.3) is 10.8 Å². The van der Waals surface area contributed by atoms with Gasteiger partial charge in [-0.3, -0.25) is 0 Å². The van der Waals surface area contributed by atoms with E-state index in [9.17, 15) is 5.11 Å². The molecule has 0 heterocycles. The maximum Gasteiger partial charge on any atom is 0.123 e. The molecule has 2 aromatic carbocycles. The van der Waals surface area contributed by atoms with Crippen LogP contribution in [0.15, 0.2) is 36.4 Å². The largest absolute Gasteiger partial charge is 0.507 e. The molecule has 82 valence electrons. The Balaban J connectivity index is 2.18. The quantitative estimate of drug-likeness (QED) is 0.765. The molecule has 1 saturated carbocycles. The van der Waals surface area contributed by atoms with Crippen molar-refractivity contribution < 1.29 is 5.11 Å². The Hall–Kier alpha value is -1.54. The Morgan fingerprint density at radius 3 is 2.62 bits per heavy atom. The number of aromatic hydroxyl groups is 1. The van der Waals surface area contributed by atoms with Gasteiger partial charge in [-0.05, 0) is 42.3 Å². The van der Waals surface area contributed by atoms with E-state index in [2.05, 4.69) is 6.07 Å². The lowest BCUT2D eigenvalue weighted by Crippen LogP contribution is -2.43. The molecule has 3 rings (SSSR count). The Labute approximate surface area is 94.7 Å². The normalized spacial score (nSPS) is 18.3. The van der Waals surface area contributed by atoms with Crippen LogP contribution >= 0.6 is 0 Å². The molecule has 0 bridgehead atoms. The van der Waals surface area contributed by atoms with Gasteiger partial charge in [0.1, 0.15) is 5.75 Å². The molecule has 2 heteroatoms. The van der Waals surface area contributed by atoms with Crippen LogP contribution in [0.5, 0.6) is 5.75 Å². The first-order valence-electron chi connectivity index (χ1n) is 5.70. The zero-order chi connectivity index (χ0) is 11.2. The number of fused-ring (bicyclic) bond motifs is 1. The van der Waals surface area contributed by atoms with Gasteiger partial charge < -0.3 is 10.8 Å². The summed E-state index contributed by atoms with van der Waals surface area (Å²) in [5, 5.41) is 11.8. The van der Waals surface area contributed by atoms with E-state index < -0.39 is 0 Å². The highest BCUT2D eigenvalue weighted by atomic mass is 16.3. The summed E-state index contributed by atoms with van der Waals surface area (Å²) in [6.07, 6.45) is 3.30. The molecule has 3 N–H and O–H groups in total. The number of phenols is 1. The second-order valence-electron chi connectivity index (χ2n) is 4.72. The van der Waals surface area contributed by atoms with Crippen molar-refractivity contribution in [2.75, 3.05) is 0 Å². The molecule has 1 aliphatic rings. The first-order chi connectivity index (χ1) is 7.69. The molecule has 1 fully saturated rings. The van der Waals surface area contributed by atoms with Gasteiger partial charge in [0.25, 0.3) is 0 Å². The molecule has 0 unspecified atom stereocenters. The molecule has 2 nitrogen and oxygen atoms in total. The predicted octanol–water partition coefficient (Wildman–Crippen LogP) is 2.88. The summed E-state index contributed by atoms with van der Waals surface area (Å²) in [5.41, 5.74) is 7.27. The van der Waals surface area contributed by atoms with Gasteiger partial charge in [0.15, 0.2) is 0 Å². The molecule has 0 radical (unpaired) electrons. The van der Waals surface area contributed by atoms with Crippen LogP contribution in [0, 0.1) is 0 Å². The van der Waals surface area contributed by atoms with Gasteiger partial charge >= 0.3 is 0 Å². The van der Waals surface area contributed by atoms with E-state index in [1.165, 1.54) is 6.42 Å². The third kappa shape index (κ3) is 1.30. The Morgan fingerprint density at radius 1 is 1.12 bits per heavy atom. The van der Waals surface area contributed by atoms with Crippen molar-refractivity contribution in [1.29, 1.82) is 0 Å². The van der Waals surface area contributed by atoms with E-state index in [-0.39, 0.29) is 5.54 Å². The van der Waals surface area contributed by atoms with E-state index in [1.807, 2.05) is 24.3 Å². The molecule has 0 atom stereocenters. The summed E-state index contributed by atoms with van der Waals surface area (Å²) in [4.78, 5) is 0. The van der Waals surface area contributed by atoms with Gasteiger partial charge in [0.05, 0.1) is 0 Å². The highest BCUT2D eigenvalue weighted by molar-refractivity contribution is 5.88. The molecule has 0 spiro atoms. The molecular weight excluding hydrogens is 198 g/mol. The summed E-state index contributed by atoms with van der Waals surface area (Å²) >= 11 is 0. The van der Waals surface area contributed by atoms with Crippen molar-refractivity contribution >= 4 is 10.8 Å². The standard InChI is InChI=1S/C14H15NO/c15-14(7-2-8-14)11-6-5-10-3-1-4-13(16)12(10)9-11/h1,3-6,9,16H,2,7-8,15H2. The second-order valence-corrected chi connectivity index (χ2v) is 4.72. The number of phenolic OH excluding ortho intramolecular Hbond substituents is 1. The summed E-state index contributed by atoms with van der Waals surface area (Å²) in [6.45, 7) is 0. The number of rotatable bonds is 1. The number of nitrogens with two attached hydrogens (primary N) is 1. The van der Waals surface area contributed by atoms with Crippen LogP contribution < -0.4 is 5.73 Å². The molecule has 1 aliphatic carbocycles. The third-order valence-electron chi connectivity index (χ3n) is 3.68. The molecule has 0 amide bonds. The van der Waals surface area contributed by atoms with Gasteiger partial charge in [0, 0.05) is 10.9 Å². The van der Waals surface area contributed by atoms with Crippen molar-refractivity contribution in [2.24, 2.45) is 5.73 Å². The van der Waals surface area contributed by atoms with Gasteiger partial charge in [-0.15, -0.1) is 0 Å². The summed E-state index contributed by atoms with van der Waals surface area (Å²) in [7, 11) is 0. The van der Waals surface area contributed by atoms with Gasteiger partial charge in [-0.1, -0.05) is 24.3 Å². The first-order valence-corrected chi connectivity index (χ1v) is 5.70. The molecule has 0 saturated heterocycles. The summed E-state index contributed by atoms with van der Waals surface area (Å²) in [5.74, 6) is 0.335. The lowest BCUT2D eigenvalue weighted by atomic mass is 9.72. The van der Waals surface area contributed by atoms with E-state index >= 15 is 0 Å². The molecular formula is C14H15NO. The van der Waals surface area contributed by atoms with Crippen LogP contribution in [-0.4, -0.2) is 5.11 Å². The smallest absolute Gasteiger partial charge is 0.123 e. The van der Waals surface area contributed by atoms with Crippen LogP contribution in [0.2, 0.25) is 0 Å². The van der Waals surface area contributed by atoms with E-state index in [0.717, 1.165) is 29.2 Å². The average molecular weight is 213 g/mol. The minimum absolute atomic E-state index is 0.156. The van der Waals surface area contributed by atoms with Crippen molar-refractivity contribution in [3.05, 3.63) is 42.0 Å². The number of benzene rings is 2. The molecule has 0 aromatic heterocycles. The number of hydrogen-bond donors (Lipinski definition) is 2. The average Bonchev–Trinajstić information content (AvgIpc) is 2.26. The molecule has 2 aromatic rings. The maximum absolute atomic E-state index is 9.81. The van der Waals surface area contributed by atoms with Crippen molar-refractivity contribution in [1.82, 2.24) is 0 Å². The molecule has 0 aliphatic heterocycles. The fourth-order valence-corrected chi connectivity index (χ4v) is 2.41. The Kier molecular flexibility index (Phi) is 1.95. The zero-order valence-electron chi connectivity index (χ0n) is 9.11. The maximum atomic E-state index is 9.81. The SMILES string of the molecule is NC1(c2ccc3cccc(O)c3c2)CCC1. The van der Waals surface area contributed by atoms with Crippen molar-refractivity contribution in [2.45, 2.75) is 24.8 Å². The highest BCUT2D eigenvalue weighted by Gasteiger charge is 2.34. The van der Waals surface area contributed by atoms with Crippen LogP contribution in [0.1, 0.15) is 24.8 Å². The monoisotopic (exact) mass is 213 g/mol. The van der Waals surface area contributed by atoms with Crippen LogP contribution in [0.4, 0.5) is 0 Å². The second kappa shape index (κ2) is 3.22. The van der Waals surface area contributed by atoms with Crippen molar-refractivity contribution in [3.63, 3.8) is 0 Å². The topological polar surface area (TPSA) is 46.2 Å². The number of hydrogen-bond acceptors (Lipinski definition) is 2. The fourth-order valence-electron chi connectivity index (χ4n) is 2.41. The Bertz CT molecular complexity index is 543. The first kappa shape index (κ1) is 9.67. The molecule has 16 heavy (non-hydrogen) atoms. The fraction of sp³-hybridized carbons (Fsp3) is 0.286. The van der Waals surface area contributed by atoms with E-state index in [0.29, 0.717) is 5.75 Å². The minimum atomic E-state index is -0.156. The zero-order valence-corrected chi connectivity index (χ0v) is 9.11. The lowest BCUT2D eigenvalue weighted by Gasteiger charge is -2.38. The van der Waals surface area contributed by atoms with E-state index in [1.54, 1.807) is 6.07 Å². The van der Waals surface area contributed by atoms with Crippen LogP contribution in [-0.2, 0) is 5.54 Å². The minimum Gasteiger partial charge on any atom is -0.507 e. The lowest BCUT2D eigenvalue weighted by molar-refractivity contribution is 0.254. The van der Waals surface area contributed by atoms with Crippen LogP contribution in [0.3, 0.4) is 0 Å². The van der Waals surface area contributed by atoms with Gasteiger partial charge in [-0.2, -0.15) is 0 Å². The van der Waals surface area contributed by atoms with Crippen molar-refractivity contribution in [3.8, 4) is 5.75 Å². The predicted molar refractivity (Wildman–Crippen MR) is 65.3 cm³/mol. The van der Waals surface area contributed by atoms with E-state index in [4.69, 9.17) is 5.73 Å². The van der Waals surface area contributed by atoms with Gasteiger partial charge in [-0.25, -0.2) is 0 Å². The third-order valence-corrected chi connectivity index (χ3v) is 3.68. The summed E-state index contributed by atoms with van der Waals surface area (Å²) < 4.78 is 0. The van der Waals surface area contributed by atoms with Gasteiger partial charge in [0.2, 0.25) is 0 Å².